The van der Waals surface area contributed by atoms with E-state index >= 15 is 0 Å². The van der Waals surface area contributed by atoms with Crippen LogP contribution in [0.2, 0.25) is 0 Å². The molecule has 0 aromatic carbocycles. The normalized spacial score (nSPS) is 21.0. The summed E-state index contributed by atoms with van der Waals surface area (Å²) in [6.45, 7) is 6.34. The number of carbonyl (C=O) groups excluding carboxylic acids is 1. The molecule has 4 heterocycles. The van der Waals surface area contributed by atoms with Crippen molar-refractivity contribution in [2.24, 2.45) is 5.92 Å². The molecule has 2 aromatic heterocycles. The van der Waals surface area contributed by atoms with Crippen LogP contribution in [0.4, 0.5) is 0 Å². The first-order chi connectivity index (χ1) is 12.7. The Balaban J connectivity index is 1.37. The predicted octanol–water partition coefficient (Wildman–Crippen LogP) is 1.68. The third-order valence-corrected chi connectivity index (χ3v) is 6.28. The fourth-order valence-electron chi connectivity index (χ4n) is 3.85. The zero-order valence-electron chi connectivity index (χ0n) is 15.4. The number of amides is 1. The first-order valence-electron chi connectivity index (χ1n) is 9.45. The molecule has 1 unspecified atom stereocenters. The standard InChI is InChI=1S/C19H27N5OS/c1-22-5-7-23(8-6-22)19(25)17-13-21-24-4-2-15(10-18(17)24)11-20-12-16-3-9-26-14-16/h3,9,13-15,20H,2,4-8,10-12H2,1H3. The van der Waals surface area contributed by atoms with Gasteiger partial charge in [-0.3, -0.25) is 9.48 Å². The van der Waals surface area contributed by atoms with Gasteiger partial charge in [0.1, 0.15) is 0 Å². The second-order valence-corrected chi connectivity index (χ2v) is 8.22. The monoisotopic (exact) mass is 373 g/mol. The molecule has 6 nitrogen and oxygen atoms in total. The summed E-state index contributed by atoms with van der Waals surface area (Å²) in [6, 6.07) is 2.17. The van der Waals surface area contributed by atoms with Crippen molar-refractivity contribution in [3.05, 3.63) is 39.8 Å². The summed E-state index contributed by atoms with van der Waals surface area (Å²) < 4.78 is 2.04. The first-order valence-corrected chi connectivity index (χ1v) is 10.4. The average molecular weight is 374 g/mol. The maximum absolute atomic E-state index is 13.0. The smallest absolute Gasteiger partial charge is 0.257 e. The van der Waals surface area contributed by atoms with E-state index in [0.29, 0.717) is 5.92 Å². The molecule has 4 rings (SSSR count). The zero-order chi connectivity index (χ0) is 17.9. The lowest BCUT2D eigenvalue weighted by atomic mass is 9.94. The quantitative estimate of drug-likeness (QED) is 0.867. The zero-order valence-corrected chi connectivity index (χ0v) is 16.2. The molecule has 2 aliphatic rings. The molecule has 26 heavy (non-hydrogen) atoms. The number of hydrogen-bond acceptors (Lipinski definition) is 5. The summed E-state index contributed by atoms with van der Waals surface area (Å²) in [4.78, 5) is 17.2. The number of nitrogens with one attached hydrogen (secondary N) is 1. The fraction of sp³-hybridized carbons (Fsp3) is 0.579. The Kier molecular flexibility index (Phi) is 5.38. The Labute approximate surface area is 158 Å². The molecule has 1 fully saturated rings. The average Bonchev–Trinajstić information content (AvgIpc) is 3.31. The maximum atomic E-state index is 13.0. The van der Waals surface area contributed by atoms with Crippen molar-refractivity contribution in [2.75, 3.05) is 39.8 Å². The third kappa shape index (κ3) is 3.84. The van der Waals surface area contributed by atoms with Gasteiger partial charge in [-0.25, -0.2) is 0 Å². The Morgan fingerprint density at radius 2 is 2.15 bits per heavy atom. The molecule has 2 aliphatic heterocycles. The molecule has 1 N–H and O–H groups in total. The van der Waals surface area contributed by atoms with Gasteiger partial charge in [0, 0.05) is 39.3 Å². The van der Waals surface area contributed by atoms with E-state index < -0.39 is 0 Å². The van der Waals surface area contributed by atoms with Crippen LogP contribution in [0.25, 0.3) is 0 Å². The lowest BCUT2D eigenvalue weighted by molar-refractivity contribution is 0.0662. The van der Waals surface area contributed by atoms with Gasteiger partial charge in [0.15, 0.2) is 0 Å². The highest BCUT2D eigenvalue weighted by Crippen LogP contribution is 2.24. The highest BCUT2D eigenvalue weighted by atomic mass is 32.1. The molecule has 0 spiro atoms. The van der Waals surface area contributed by atoms with Crippen molar-refractivity contribution in [2.45, 2.75) is 25.9 Å². The van der Waals surface area contributed by atoms with E-state index in [2.05, 4.69) is 39.2 Å². The molecule has 0 saturated carbocycles. The van der Waals surface area contributed by atoms with E-state index in [1.165, 1.54) is 5.56 Å². The minimum absolute atomic E-state index is 0.159. The van der Waals surface area contributed by atoms with Gasteiger partial charge in [-0.15, -0.1) is 0 Å². The van der Waals surface area contributed by atoms with Gasteiger partial charge in [0.2, 0.25) is 0 Å². The van der Waals surface area contributed by atoms with Crippen LogP contribution in [0.15, 0.2) is 23.0 Å². The number of fused-ring (bicyclic) bond motifs is 1. The van der Waals surface area contributed by atoms with E-state index in [9.17, 15) is 4.79 Å². The van der Waals surface area contributed by atoms with E-state index in [1.54, 1.807) is 17.5 Å². The molecule has 140 valence electrons. The first kappa shape index (κ1) is 17.7. The number of piperazine rings is 1. The van der Waals surface area contributed by atoms with Crippen molar-refractivity contribution < 1.29 is 4.79 Å². The van der Waals surface area contributed by atoms with Crippen LogP contribution < -0.4 is 5.32 Å². The molecule has 0 radical (unpaired) electrons. The largest absolute Gasteiger partial charge is 0.336 e. The second-order valence-electron chi connectivity index (χ2n) is 7.44. The summed E-state index contributed by atoms with van der Waals surface area (Å²) >= 11 is 1.74. The van der Waals surface area contributed by atoms with Crippen LogP contribution in [0, 0.1) is 5.92 Å². The number of rotatable bonds is 5. The summed E-state index contributed by atoms with van der Waals surface area (Å²) in [6.07, 6.45) is 3.84. The van der Waals surface area contributed by atoms with Gasteiger partial charge in [0.05, 0.1) is 17.5 Å². The SMILES string of the molecule is CN1CCN(C(=O)c2cnn3c2CC(CNCc2ccsc2)CC3)CC1. The number of carbonyl (C=O) groups is 1. The minimum Gasteiger partial charge on any atom is -0.336 e. The number of likely N-dealkylation sites (N-methyl/N-ethyl adjacent to an activating group) is 1. The van der Waals surface area contributed by atoms with Gasteiger partial charge in [0.25, 0.3) is 5.91 Å². The predicted molar refractivity (Wildman–Crippen MR) is 103 cm³/mol. The van der Waals surface area contributed by atoms with Gasteiger partial charge in [-0.1, -0.05) is 0 Å². The fourth-order valence-corrected chi connectivity index (χ4v) is 4.51. The third-order valence-electron chi connectivity index (χ3n) is 5.54. The van der Waals surface area contributed by atoms with Crippen molar-refractivity contribution in [3.63, 3.8) is 0 Å². The van der Waals surface area contributed by atoms with Gasteiger partial charge in [-0.2, -0.15) is 16.4 Å². The summed E-state index contributed by atoms with van der Waals surface area (Å²) in [7, 11) is 2.11. The second kappa shape index (κ2) is 7.90. The Morgan fingerprint density at radius 3 is 2.92 bits per heavy atom. The van der Waals surface area contributed by atoms with E-state index in [1.807, 2.05) is 9.58 Å². The number of aromatic nitrogens is 2. The van der Waals surface area contributed by atoms with E-state index in [0.717, 1.165) is 69.9 Å². The Morgan fingerprint density at radius 1 is 1.31 bits per heavy atom. The minimum atomic E-state index is 0.159. The topological polar surface area (TPSA) is 53.4 Å². The van der Waals surface area contributed by atoms with Crippen molar-refractivity contribution in [1.82, 2.24) is 24.9 Å². The lowest BCUT2D eigenvalue weighted by Crippen LogP contribution is -2.47. The van der Waals surface area contributed by atoms with E-state index in [-0.39, 0.29) is 5.91 Å². The molecule has 1 atom stereocenters. The maximum Gasteiger partial charge on any atom is 0.257 e. The number of hydrogen-bond donors (Lipinski definition) is 1. The molecule has 2 aromatic rings. The van der Waals surface area contributed by atoms with Gasteiger partial charge >= 0.3 is 0 Å². The molecule has 0 aliphatic carbocycles. The molecule has 0 bridgehead atoms. The van der Waals surface area contributed by atoms with Crippen LogP contribution >= 0.6 is 11.3 Å². The van der Waals surface area contributed by atoms with Crippen molar-refractivity contribution in [1.29, 1.82) is 0 Å². The van der Waals surface area contributed by atoms with Crippen LogP contribution in [0.5, 0.6) is 0 Å². The van der Waals surface area contributed by atoms with Gasteiger partial charge in [-0.05, 0) is 54.7 Å². The van der Waals surface area contributed by atoms with Crippen LogP contribution in [0.1, 0.15) is 28.0 Å². The Hall–Kier alpha value is -1.70. The summed E-state index contributed by atoms with van der Waals surface area (Å²) in [5, 5.41) is 12.4. The van der Waals surface area contributed by atoms with Crippen LogP contribution in [0.3, 0.4) is 0 Å². The van der Waals surface area contributed by atoms with E-state index in [4.69, 9.17) is 0 Å². The highest BCUT2D eigenvalue weighted by molar-refractivity contribution is 7.07. The number of nitrogens with zero attached hydrogens (tertiary/aromatic N) is 4. The molecule has 1 amide bonds. The number of thiophene rings is 1. The van der Waals surface area contributed by atoms with Crippen LogP contribution in [-0.2, 0) is 19.5 Å². The Bertz CT molecular complexity index is 733. The molecular weight excluding hydrogens is 346 g/mol. The van der Waals surface area contributed by atoms with Gasteiger partial charge < -0.3 is 15.1 Å². The highest BCUT2D eigenvalue weighted by Gasteiger charge is 2.28. The van der Waals surface area contributed by atoms with Crippen molar-refractivity contribution >= 4 is 17.2 Å². The summed E-state index contributed by atoms with van der Waals surface area (Å²) in [5.74, 6) is 0.725. The molecule has 1 saturated heterocycles. The lowest BCUT2D eigenvalue weighted by Gasteiger charge is -2.32. The molecular formula is C19H27N5OS. The van der Waals surface area contributed by atoms with Crippen molar-refractivity contribution in [3.8, 4) is 0 Å². The molecule has 7 heteroatoms. The summed E-state index contributed by atoms with van der Waals surface area (Å²) in [5.41, 5.74) is 3.29. The number of aryl methyl sites for hydroxylation is 1. The van der Waals surface area contributed by atoms with Crippen LogP contribution in [-0.4, -0.2) is 65.3 Å².